The van der Waals surface area contributed by atoms with E-state index in [2.05, 4.69) is 23.5 Å². The van der Waals surface area contributed by atoms with Crippen LogP contribution in [0.3, 0.4) is 0 Å². The van der Waals surface area contributed by atoms with Gasteiger partial charge in [0.05, 0.1) is 18.2 Å². The number of nitrogens with one attached hydrogen (secondary N) is 1. The summed E-state index contributed by atoms with van der Waals surface area (Å²) < 4.78 is 24.9. The highest BCUT2D eigenvalue weighted by Gasteiger charge is 2.30. The third-order valence-electron chi connectivity index (χ3n) is 5.46. The summed E-state index contributed by atoms with van der Waals surface area (Å²) in [6.45, 7) is 2.81. The molecule has 0 aromatic heterocycles. The van der Waals surface area contributed by atoms with Crippen molar-refractivity contribution in [2.24, 2.45) is 5.92 Å². The number of piperidine rings is 1. The van der Waals surface area contributed by atoms with Crippen molar-refractivity contribution in [2.45, 2.75) is 51.5 Å². The maximum absolute atomic E-state index is 12.6. The van der Waals surface area contributed by atoms with Crippen molar-refractivity contribution in [1.29, 1.82) is 0 Å². The number of sulfonamides is 1. The predicted molar refractivity (Wildman–Crippen MR) is 98.8 cm³/mol. The van der Waals surface area contributed by atoms with E-state index in [0.717, 1.165) is 31.2 Å². The van der Waals surface area contributed by atoms with Crippen molar-refractivity contribution in [3.05, 3.63) is 34.9 Å². The fourth-order valence-corrected chi connectivity index (χ4v) is 4.81. The number of fused-ring (bicyclic) bond motifs is 1. The number of nitrogens with zero attached hydrogens (tertiary/aromatic N) is 1. The van der Waals surface area contributed by atoms with Crippen LogP contribution in [-0.4, -0.2) is 38.0 Å². The molecular formula is C19H28N2O3S. The van der Waals surface area contributed by atoms with Gasteiger partial charge in [-0.3, -0.25) is 4.79 Å². The van der Waals surface area contributed by atoms with Crippen LogP contribution in [0.15, 0.2) is 18.2 Å². The van der Waals surface area contributed by atoms with E-state index >= 15 is 0 Å². The maximum Gasteiger partial charge on any atom is 0.224 e. The smallest absolute Gasteiger partial charge is 0.224 e. The van der Waals surface area contributed by atoms with Crippen molar-refractivity contribution in [3.8, 4) is 0 Å². The van der Waals surface area contributed by atoms with Crippen LogP contribution >= 0.6 is 0 Å². The van der Waals surface area contributed by atoms with Crippen LogP contribution in [-0.2, 0) is 27.7 Å². The maximum atomic E-state index is 12.6. The van der Waals surface area contributed by atoms with E-state index in [0.29, 0.717) is 13.1 Å². The monoisotopic (exact) mass is 364 g/mol. The molecule has 0 unspecified atom stereocenters. The Morgan fingerprint density at radius 2 is 1.92 bits per heavy atom. The highest BCUT2D eigenvalue weighted by atomic mass is 32.2. The predicted octanol–water partition coefficient (Wildman–Crippen LogP) is 2.41. The molecule has 2 atom stereocenters. The van der Waals surface area contributed by atoms with Crippen molar-refractivity contribution in [2.75, 3.05) is 19.3 Å². The third-order valence-corrected chi connectivity index (χ3v) is 6.72. The zero-order chi connectivity index (χ0) is 18.0. The Hall–Kier alpha value is -1.40. The van der Waals surface area contributed by atoms with E-state index < -0.39 is 10.0 Å². The second-order valence-corrected chi connectivity index (χ2v) is 9.41. The highest BCUT2D eigenvalue weighted by molar-refractivity contribution is 7.88. The Labute approximate surface area is 150 Å². The van der Waals surface area contributed by atoms with Crippen LogP contribution in [0.5, 0.6) is 0 Å². The van der Waals surface area contributed by atoms with E-state index in [-0.39, 0.29) is 17.9 Å². The Balaban J connectivity index is 1.64. The minimum absolute atomic E-state index is 0.0430. The lowest BCUT2D eigenvalue weighted by Crippen LogP contribution is -2.45. The molecule has 1 amide bonds. The number of aryl methyl sites for hydroxylation is 2. The Morgan fingerprint density at radius 1 is 1.20 bits per heavy atom. The van der Waals surface area contributed by atoms with Crippen molar-refractivity contribution >= 4 is 15.9 Å². The molecule has 138 valence electrons. The SMILES string of the molecule is C[C@H](NC(=O)[C@H]1CCCN(S(C)(=O)=O)C1)c1ccc2c(c1)CCCC2. The highest BCUT2D eigenvalue weighted by Crippen LogP contribution is 2.25. The number of amides is 1. The first-order valence-corrected chi connectivity index (χ1v) is 11.1. The normalized spacial score (nSPS) is 22.9. The van der Waals surface area contributed by atoms with Gasteiger partial charge in [-0.1, -0.05) is 18.2 Å². The molecule has 0 radical (unpaired) electrons. The van der Waals surface area contributed by atoms with Crippen LogP contribution in [0.4, 0.5) is 0 Å². The zero-order valence-corrected chi connectivity index (χ0v) is 15.9. The van der Waals surface area contributed by atoms with Gasteiger partial charge in [-0.25, -0.2) is 12.7 Å². The molecule has 5 nitrogen and oxygen atoms in total. The summed E-state index contributed by atoms with van der Waals surface area (Å²) in [6, 6.07) is 6.47. The number of hydrogen-bond acceptors (Lipinski definition) is 3. The van der Waals surface area contributed by atoms with E-state index in [4.69, 9.17) is 0 Å². The molecule has 1 aliphatic carbocycles. The molecule has 1 saturated heterocycles. The van der Waals surface area contributed by atoms with Crippen molar-refractivity contribution < 1.29 is 13.2 Å². The molecule has 0 spiro atoms. The molecule has 0 saturated carbocycles. The largest absolute Gasteiger partial charge is 0.349 e. The topological polar surface area (TPSA) is 66.5 Å². The summed E-state index contributed by atoms with van der Waals surface area (Å²) in [5.41, 5.74) is 3.97. The summed E-state index contributed by atoms with van der Waals surface area (Å²) in [6.07, 6.45) is 7.46. The molecule has 6 heteroatoms. The minimum atomic E-state index is -3.23. The lowest BCUT2D eigenvalue weighted by Gasteiger charge is -2.31. The van der Waals surface area contributed by atoms with Crippen molar-refractivity contribution in [1.82, 2.24) is 9.62 Å². The first-order valence-electron chi connectivity index (χ1n) is 9.22. The van der Waals surface area contributed by atoms with Gasteiger partial charge >= 0.3 is 0 Å². The average Bonchev–Trinajstić information content (AvgIpc) is 2.60. The van der Waals surface area contributed by atoms with Gasteiger partial charge in [0.1, 0.15) is 0 Å². The molecule has 25 heavy (non-hydrogen) atoms. The molecule has 1 aromatic carbocycles. The van der Waals surface area contributed by atoms with Gasteiger partial charge in [-0.2, -0.15) is 0 Å². The molecule has 1 fully saturated rings. The fraction of sp³-hybridized carbons (Fsp3) is 0.632. The zero-order valence-electron chi connectivity index (χ0n) is 15.1. The molecule has 0 bridgehead atoms. The standard InChI is InChI=1S/C19H28N2O3S/c1-14(16-10-9-15-6-3-4-7-17(15)12-16)20-19(22)18-8-5-11-21(13-18)25(2,23)24/h9-10,12,14,18H,3-8,11,13H2,1-2H3,(H,20,22)/t14-,18-/m0/s1. The Morgan fingerprint density at radius 3 is 2.64 bits per heavy atom. The number of carbonyl (C=O) groups is 1. The van der Waals surface area contributed by atoms with Gasteiger partial charge < -0.3 is 5.32 Å². The van der Waals surface area contributed by atoms with Gasteiger partial charge in [-0.15, -0.1) is 0 Å². The third kappa shape index (κ3) is 4.42. The first kappa shape index (κ1) is 18.4. The second-order valence-electron chi connectivity index (χ2n) is 7.43. The van der Waals surface area contributed by atoms with Crippen LogP contribution in [0.1, 0.15) is 55.3 Å². The Bertz CT molecular complexity index is 745. The van der Waals surface area contributed by atoms with E-state index in [9.17, 15) is 13.2 Å². The van der Waals surface area contributed by atoms with E-state index in [1.807, 2.05) is 6.92 Å². The van der Waals surface area contributed by atoms with E-state index in [1.165, 1.54) is 34.5 Å². The summed E-state index contributed by atoms with van der Waals surface area (Å²) in [5.74, 6) is -0.304. The van der Waals surface area contributed by atoms with Gasteiger partial charge in [-0.05, 0) is 62.1 Å². The number of hydrogen-bond donors (Lipinski definition) is 1. The molecule has 1 aliphatic heterocycles. The summed E-state index contributed by atoms with van der Waals surface area (Å²) in [4.78, 5) is 12.6. The van der Waals surface area contributed by atoms with Gasteiger partial charge in [0.15, 0.2) is 0 Å². The van der Waals surface area contributed by atoms with Crippen molar-refractivity contribution in [3.63, 3.8) is 0 Å². The molecule has 1 aromatic rings. The Kier molecular flexibility index (Phi) is 5.49. The second kappa shape index (κ2) is 7.46. The van der Waals surface area contributed by atoms with Crippen LogP contribution in [0, 0.1) is 5.92 Å². The van der Waals surface area contributed by atoms with Gasteiger partial charge in [0, 0.05) is 13.1 Å². The summed E-state index contributed by atoms with van der Waals surface area (Å²) in [5, 5.41) is 3.08. The number of benzene rings is 1. The van der Waals surface area contributed by atoms with Crippen LogP contribution in [0.2, 0.25) is 0 Å². The van der Waals surface area contributed by atoms with Crippen LogP contribution < -0.4 is 5.32 Å². The summed E-state index contributed by atoms with van der Waals surface area (Å²) in [7, 11) is -3.23. The van der Waals surface area contributed by atoms with Gasteiger partial charge in [0.25, 0.3) is 0 Å². The quantitative estimate of drug-likeness (QED) is 0.892. The molecular weight excluding hydrogens is 336 g/mol. The van der Waals surface area contributed by atoms with Gasteiger partial charge in [0.2, 0.25) is 15.9 Å². The first-order chi connectivity index (χ1) is 11.8. The number of rotatable bonds is 4. The van der Waals surface area contributed by atoms with Crippen LogP contribution in [0.25, 0.3) is 0 Å². The lowest BCUT2D eigenvalue weighted by molar-refractivity contribution is -0.126. The number of carbonyl (C=O) groups excluding carboxylic acids is 1. The minimum Gasteiger partial charge on any atom is -0.349 e. The molecule has 1 heterocycles. The molecule has 2 aliphatic rings. The molecule has 3 rings (SSSR count). The average molecular weight is 365 g/mol. The summed E-state index contributed by atoms with van der Waals surface area (Å²) >= 11 is 0. The van der Waals surface area contributed by atoms with E-state index in [1.54, 1.807) is 0 Å². The lowest BCUT2D eigenvalue weighted by atomic mass is 9.89. The molecule has 1 N–H and O–H groups in total. The fourth-order valence-electron chi connectivity index (χ4n) is 3.89.